The minimum absolute atomic E-state index is 0.107. The third kappa shape index (κ3) is 9.02. The van der Waals surface area contributed by atoms with Crippen LogP contribution in [0.2, 0.25) is 0 Å². The summed E-state index contributed by atoms with van der Waals surface area (Å²) < 4.78 is 10.1. The van der Waals surface area contributed by atoms with Crippen LogP contribution in [0.25, 0.3) is 0 Å². The number of carbonyl (C=O) groups is 2. The van der Waals surface area contributed by atoms with E-state index in [1.165, 1.54) is 0 Å². The van der Waals surface area contributed by atoms with Gasteiger partial charge in [-0.2, -0.15) is 0 Å². The minimum atomic E-state index is -0.323. The molecule has 0 aliphatic heterocycles. The van der Waals surface area contributed by atoms with Crippen LogP contribution < -0.4 is 0 Å². The van der Waals surface area contributed by atoms with E-state index in [-0.39, 0.29) is 24.8 Å². The lowest BCUT2D eigenvalue weighted by Gasteiger charge is -2.10. The highest BCUT2D eigenvalue weighted by Crippen LogP contribution is 2.05. The predicted molar refractivity (Wildman–Crippen MR) is 70.1 cm³/mol. The molecule has 0 spiro atoms. The first kappa shape index (κ1) is 16.9. The van der Waals surface area contributed by atoms with Gasteiger partial charge in [0.2, 0.25) is 0 Å². The molecule has 0 aliphatic rings. The van der Waals surface area contributed by atoms with Gasteiger partial charge in [0.05, 0.1) is 26.1 Å². The summed E-state index contributed by atoms with van der Waals surface area (Å²) in [7, 11) is 0. The van der Waals surface area contributed by atoms with Crippen molar-refractivity contribution in [3.05, 3.63) is 0 Å². The molecule has 0 unspecified atom stereocenters. The van der Waals surface area contributed by atoms with Crippen molar-refractivity contribution in [1.82, 2.24) is 0 Å². The Morgan fingerprint density at radius 3 is 1.44 bits per heavy atom. The van der Waals surface area contributed by atoms with E-state index in [2.05, 4.69) is 0 Å². The van der Waals surface area contributed by atoms with E-state index in [0.29, 0.717) is 25.0 Å². The maximum Gasteiger partial charge on any atom is 0.306 e. The van der Waals surface area contributed by atoms with E-state index in [1.54, 1.807) is 0 Å². The molecule has 0 aromatic rings. The Labute approximate surface area is 110 Å². The first-order chi connectivity index (χ1) is 8.49. The minimum Gasteiger partial charge on any atom is -0.465 e. The topological polar surface area (TPSA) is 52.6 Å². The molecule has 0 aromatic carbocycles. The Kier molecular flexibility index (Phi) is 9.33. The number of carbonyl (C=O) groups excluding carboxylic acids is 2. The summed E-state index contributed by atoms with van der Waals surface area (Å²) in [5.41, 5.74) is 0. The average molecular weight is 258 g/mol. The zero-order valence-electron chi connectivity index (χ0n) is 12.0. The molecule has 0 heterocycles. The number of hydrogen-bond acceptors (Lipinski definition) is 4. The van der Waals surface area contributed by atoms with Crippen LogP contribution in [0.4, 0.5) is 0 Å². The van der Waals surface area contributed by atoms with Crippen LogP contribution in [-0.2, 0) is 19.1 Å². The molecule has 0 saturated carbocycles. The van der Waals surface area contributed by atoms with Crippen molar-refractivity contribution in [2.45, 2.75) is 53.4 Å². The van der Waals surface area contributed by atoms with E-state index in [4.69, 9.17) is 9.47 Å². The third-order valence-corrected chi connectivity index (χ3v) is 2.98. The van der Waals surface area contributed by atoms with Crippen LogP contribution in [0.3, 0.4) is 0 Å². The number of esters is 2. The largest absolute Gasteiger partial charge is 0.465 e. The summed E-state index contributed by atoms with van der Waals surface area (Å²) in [4.78, 5) is 22.7. The molecular weight excluding hydrogens is 232 g/mol. The van der Waals surface area contributed by atoms with Gasteiger partial charge < -0.3 is 9.47 Å². The standard InChI is InChI=1S/C14H26O4/c1-5-11(3)9-17-13(15)7-8-14(16)18-10-12(4)6-2/h11-12H,5-10H2,1-4H3/t11-,12+. The zero-order chi connectivity index (χ0) is 14.0. The maximum atomic E-state index is 11.3. The fourth-order valence-corrected chi connectivity index (χ4v) is 1.05. The van der Waals surface area contributed by atoms with Crippen LogP contribution in [-0.4, -0.2) is 25.2 Å². The van der Waals surface area contributed by atoms with Crippen LogP contribution in [0, 0.1) is 11.8 Å². The number of hydrogen-bond donors (Lipinski definition) is 0. The molecule has 4 nitrogen and oxygen atoms in total. The lowest BCUT2D eigenvalue weighted by Crippen LogP contribution is -2.15. The van der Waals surface area contributed by atoms with Crippen molar-refractivity contribution in [2.24, 2.45) is 11.8 Å². The lowest BCUT2D eigenvalue weighted by molar-refractivity contribution is -0.151. The predicted octanol–water partition coefficient (Wildman–Crippen LogP) is 2.95. The third-order valence-electron chi connectivity index (χ3n) is 2.98. The van der Waals surface area contributed by atoms with E-state index >= 15 is 0 Å². The molecule has 0 saturated heterocycles. The summed E-state index contributed by atoms with van der Waals surface area (Å²) >= 11 is 0. The molecule has 2 atom stereocenters. The summed E-state index contributed by atoms with van der Waals surface area (Å²) in [6.45, 7) is 8.99. The fourth-order valence-electron chi connectivity index (χ4n) is 1.05. The molecule has 0 aromatic heterocycles. The molecule has 0 bridgehead atoms. The molecule has 0 radical (unpaired) electrons. The smallest absolute Gasteiger partial charge is 0.306 e. The van der Waals surface area contributed by atoms with Gasteiger partial charge in [-0.15, -0.1) is 0 Å². The summed E-state index contributed by atoms with van der Waals surface area (Å²) in [5, 5.41) is 0. The monoisotopic (exact) mass is 258 g/mol. The van der Waals surface area contributed by atoms with Crippen molar-refractivity contribution >= 4 is 11.9 Å². The fraction of sp³-hybridized carbons (Fsp3) is 0.857. The van der Waals surface area contributed by atoms with Gasteiger partial charge >= 0.3 is 11.9 Å². The van der Waals surface area contributed by atoms with Gasteiger partial charge in [0.1, 0.15) is 0 Å². The number of rotatable bonds is 9. The second-order valence-electron chi connectivity index (χ2n) is 4.89. The molecule has 18 heavy (non-hydrogen) atoms. The zero-order valence-corrected chi connectivity index (χ0v) is 12.0. The Hall–Kier alpha value is -1.06. The Bertz CT molecular complexity index is 224. The SMILES string of the molecule is CC[C@@H](C)COC(=O)CCC(=O)OC[C@@H](C)CC. The Morgan fingerprint density at radius 2 is 1.17 bits per heavy atom. The van der Waals surface area contributed by atoms with Gasteiger partial charge in [-0.05, 0) is 11.8 Å². The van der Waals surface area contributed by atoms with Gasteiger partial charge in [0.15, 0.2) is 0 Å². The Morgan fingerprint density at radius 1 is 0.833 bits per heavy atom. The van der Waals surface area contributed by atoms with Gasteiger partial charge in [-0.3, -0.25) is 9.59 Å². The van der Waals surface area contributed by atoms with Gasteiger partial charge in [0.25, 0.3) is 0 Å². The highest BCUT2D eigenvalue weighted by Gasteiger charge is 2.11. The first-order valence-corrected chi connectivity index (χ1v) is 6.80. The Balaban J connectivity index is 3.62. The van der Waals surface area contributed by atoms with Crippen molar-refractivity contribution in [3.8, 4) is 0 Å². The molecule has 4 heteroatoms. The van der Waals surface area contributed by atoms with Crippen molar-refractivity contribution in [2.75, 3.05) is 13.2 Å². The van der Waals surface area contributed by atoms with Crippen LogP contribution >= 0.6 is 0 Å². The highest BCUT2D eigenvalue weighted by atomic mass is 16.5. The second kappa shape index (κ2) is 9.92. The van der Waals surface area contributed by atoms with Crippen molar-refractivity contribution in [3.63, 3.8) is 0 Å². The highest BCUT2D eigenvalue weighted by molar-refractivity contribution is 5.77. The number of ether oxygens (including phenoxy) is 2. The summed E-state index contributed by atoms with van der Waals surface area (Å²) in [6.07, 6.45) is 2.17. The van der Waals surface area contributed by atoms with Crippen molar-refractivity contribution < 1.29 is 19.1 Å². The van der Waals surface area contributed by atoms with Gasteiger partial charge in [0, 0.05) is 0 Å². The molecule has 0 N–H and O–H groups in total. The van der Waals surface area contributed by atoms with E-state index in [9.17, 15) is 9.59 Å². The molecule has 0 fully saturated rings. The molecular formula is C14H26O4. The lowest BCUT2D eigenvalue weighted by atomic mass is 10.1. The van der Waals surface area contributed by atoms with Gasteiger partial charge in [-0.1, -0.05) is 40.5 Å². The normalized spacial score (nSPS) is 13.8. The van der Waals surface area contributed by atoms with Gasteiger partial charge in [-0.25, -0.2) is 0 Å². The second-order valence-corrected chi connectivity index (χ2v) is 4.89. The van der Waals surface area contributed by atoms with E-state index in [0.717, 1.165) is 12.8 Å². The van der Waals surface area contributed by atoms with Crippen LogP contribution in [0.15, 0.2) is 0 Å². The van der Waals surface area contributed by atoms with Crippen LogP contribution in [0.1, 0.15) is 53.4 Å². The summed E-state index contributed by atoms with van der Waals surface area (Å²) in [5.74, 6) is 0.0872. The molecule has 0 rings (SSSR count). The molecule has 0 amide bonds. The average Bonchev–Trinajstić information content (AvgIpc) is 2.39. The van der Waals surface area contributed by atoms with E-state index in [1.807, 2.05) is 27.7 Å². The molecule has 106 valence electrons. The quantitative estimate of drug-likeness (QED) is 0.597. The maximum absolute atomic E-state index is 11.3. The van der Waals surface area contributed by atoms with E-state index < -0.39 is 0 Å². The summed E-state index contributed by atoms with van der Waals surface area (Å²) in [6, 6.07) is 0. The van der Waals surface area contributed by atoms with Crippen LogP contribution in [0.5, 0.6) is 0 Å². The molecule has 0 aliphatic carbocycles. The first-order valence-electron chi connectivity index (χ1n) is 6.80. The van der Waals surface area contributed by atoms with Crippen molar-refractivity contribution in [1.29, 1.82) is 0 Å².